The van der Waals surface area contributed by atoms with Crippen LogP contribution in [0.15, 0.2) is 78.0 Å². The molecule has 1 fully saturated rings. The van der Waals surface area contributed by atoms with E-state index in [9.17, 15) is 32.9 Å². The van der Waals surface area contributed by atoms with Crippen molar-refractivity contribution in [1.29, 1.82) is 0 Å². The van der Waals surface area contributed by atoms with Gasteiger partial charge in [0.15, 0.2) is 0 Å². The Hall–Kier alpha value is -4.49. The summed E-state index contributed by atoms with van der Waals surface area (Å²) in [6.07, 6.45) is 2.70. The van der Waals surface area contributed by atoms with E-state index in [1.807, 2.05) is 0 Å². The maximum absolute atomic E-state index is 13.5. The van der Waals surface area contributed by atoms with E-state index in [4.69, 9.17) is 5.14 Å². The first-order valence-corrected chi connectivity index (χ1v) is 12.0. The molecule has 1 aliphatic heterocycles. The standard InChI is InChI=1S/C23H19N5O7S/c24-36(34,35)19-8-6-17(7-9-19)27-21(29)12-20(23(27)31)26(14-15-3-2-10-25-13-15)22(30)16-4-1-5-18(11-16)28(32)33/h1-11,13,20H,12,14H2,(H2,24,34,35). The van der Waals surface area contributed by atoms with E-state index in [0.717, 1.165) is 11.0 Å². The van der Waals surface area contributed by atoms with Gasteiger partial charge in [-0.1, -0.05) is 12.1 Å². The number of imide groups is 1. The number of nitro benzene ring substituents is 1. The molecule has 2 heterocycles. The first-order valence-electron chi connectivity index (χ1n) is 10.5. The van der Waals surface area contributed by atoms with E-state index in [0.29, 0.717) is 5.56 Å². The van der Waals surface area contributed by atoms with E-state index in [1.165, 1.54) is 59.8 Å². The fourth-order valence-electron chi connectivity index (χ4n) is 3.85. The molecule has 36 heavy (non-hydrogen) atoms. The third kappa shape index (κ3) is 4.96. The number of hydrogen-bond donors (Lipinski definition) is 1. The van der Waals surface area contributed by atoms with Gasteiger partial charge in [-0.15, -0.1) is 0 Å². The first-order chi connectivity index (χ1) is 17.1. The number of pyridine rings is 1. The van der Waals surface area contributed by atoms with Gasteiger partial charge in [-0.3, -0.25) is 29.5 Å². The molecule has 1 aliphatic rings. The lowest BCUT2D eigenvalue weighted by atomic mass is 10.1. The molecule has 3 aromatic rings. The zero-order valence-electron chi connectivity index (χ0n) is 18.6. The Morgan fingerprint density at radius 3 is 2.47 bits per heavy atom. The Morgan fingerprint density at radius 2 is 1.86 bits per heavy atom. The van der Waals surface area contributed by atoms with Crippen molar-refractivity contribution in [3.8, 4) is 0 Å². The Labute approximate surface area is 205 Å². The number of nitrogens with zero attached hydrogens (tertiary/aromatic N) is 4. The number of carbonyl (C=O) groups is 3. The minimum Gasteiger partial charge on any atom is -0.322 e. The number of benzene rings is 2. The second-order valence-electron chi connectivity index (χ2n) is 7.93. The maximum Gasteiger partial charge on any atom is 0.270 e. The third-order valence-corrected chi connectivity index (χ3v) is 6.49. The van der Waals surface area contributed by atoms with E-state index < -0.39 is 38.7 Å². The van der Waals surface area contributed by atoms with Gasteiger partial charge in [0.1, 0.15) is 6.04 Å². The summed E-state index contributed by atoms with van der Waals surface area (Å²) in [6.45, 7) is -0.0861. The average molecular weight is 510 g/mol. The van der Waals surface area contributed by atoms with Gasteiger partial charge in [0.05, 0.1) is 21.9 Å². The molecule has 0 bridgehead atoms. The lowest BCUT2D eigenvalue weighted by Gasteiger charge is -2.28. The van der Waals surface area contributed by atoms with Crippen LogP contribution in [0.2, 0.25) is 0 Å². The van der Waals surface area contributed by atoms with Gasteiger partial charge in [-0.2, -0.15) is 0 Å². The molecule has 1 unspecified atom stereocenters. The number of carbonyl (C=O) groups excluding carboxylic acids is 3. The van der Waals surface area contributed by atoms with Gasteiger partial charge >= 0.3 is 0 Å². The lowest BCUT2D eigenvalue weighted by Crippen LogP contribution is -2.45. The normalized spacial score (nSPS) is 15.7. The summed E-state index contributed by atoms with van der Waals surface area (Å²) in [7, 11) is -3.98. The number of nitrogens with two attached hydrogens (primary N) is 1. The first kappa shape index (κ1) is 24.6. The van der Waals surface area contributed by atoms with Crippen LogP contribution in [-0.2, 0) is 26.2 Å². The van der Waals surface area contributed by atoms with Crippen LogP contribution in [0.4, 0.5) is 11.4 Å². The van der Waals surface area contributed by atoms with Crippen molar-refractivity contribution in [2.24, 2.45) is 5.14 Å². The van der Waals surface area contributed by atoms with Crippen LogP contribution in [-0.4, -0.2) is 47.0 Å². The fourth-order valence-corrected chi connectivity index (χ4v) is 4.36. The van der Waals surface area contributed by atoms with E-state index in [-0.39, 0.29) is 34.8 Å². The molecule has 1 saturated heterocycles. The Kier molecular flexibility index (Phi) is 6.59. The molecule has 4 rings (SSSR count). The van der Waals surface area contributed by atoms with Crippen molar-refractivity contribution < 1.29 is 27.7 Å². The number of non-ortho nitro benzene ring substituents is 1. The van der Waals surface area contributed by atoms with Crippen LogP contribution in [0.5, 0.6) is 0 Å². The molecular weight excluding hydrogens is 490 g/mol. The summed E-state index contributed by atoms with van der Waals surface area (Å²) < 4.78 is 23.0. The number of nitro groups is 1. The minimum atomic E-state index is -3.98. The summed E-state index contributed by atoms with van der Waals surface area (Å²) in [5, 5.41) is 16.3. The average Bonchev–Trinajstić information content (AvgIpc) is 3.15. The van der Waals surface area contributed by atoms with Crippen LogP contribution in [0.1, 0.15) is 22.3 Å². The van der Waals surface area contributed by atoms with Crippen LogP contribution in [0, 0.1) is 10.1 Å². The van der Waals surface area contributed by atoms with E-state index in [1.54, 1.807) is 12.1 Å². The second-order valence-corrected chi connectivity index (χ2v) is 9.49. The summed E-state index contributed by atoms with van der Waals surface area (Å²) in [6, 6.07) is 12.1. The zero-order chi connectivity index (χ0) is 26.0. The summed E-state index contributed by atoms with van der Waals surface area (Å²) in [4.78, 5) is 56.1. The predicted molar refractivity (Wildman–Crippen MR) is 126 cm³/mol. The van der Waals surface area contributed by atoms with Gasteiger partial charge in [0.2, 0.25) is 15.9 Å². The molecule has 0 aliphatic carbocycles. The highest BCUT2D eigenvalue weighted by atomic mass is 32.2. The highest BCUT2D eigenvalue weighted by molar-refractivity contribution is 7.89. The van der Waals surface area contributed by atoms with Crippen molar-refractivity contribution in [1.82, 2.24) is 9.88 Å². The largest absolute Gasteiger partial charge is 0.322 e. The molecule has 2 N–H and O–H groups in total. The molecule has 2 aromatic carbocycles. The van der Waals surface area contributed by atoms with Crippen LogP contribution < -0.4 is 10.0 Å². The van der Waals surface area contributed by atoms with Crippen molar-refractivity contribution in [3.05, 3.63) is 94.3 Å². The summed E-state index contributed by atoms with van der Waals surface area (Å²) in [5.41, 5.74) is 0.369. The summed E-state index contributed by atoms with van der Waals surface area (Å²) in [5.74, 6) is -1.98. The molecule has 3 amide bonds. The topological polar surface area (TPSA) is 174 Å². The lowest BCUT2D eigenvalue weighted by molar-refractivity contribution is -0.384. The van der Waals surface area contributed by atoms with Crippen LogP contribution in [0.3, 0.4) is 0 Å². The van der Waals surface area contributed by atoms with Gasteiger partial charge in [-0.05, 0) is 42.0 Å². The van der Waals surface area contributed by atoms with Gasteiger partial charge in [-0.25, -0.2) is 18.5 Å². The number of rotatable bonds is 7. The molecular formula is C23H19N5O7S. The van der Waals surface area contributed by atoms with Crippen molar-refractivity contribution in [2.75, 3.05) is 4.90 Å². The quantitative estimate of drug-likeness (QED) is 0.284. The highest BCUT2D eigenvalue weighted by Crippen LogP contribution is 2.29. The second kappa shape index (κ2) is 9.64. The Balaban J connectivity index is 1.69. The van der Waals surface area contributed by atoms with Crippen molar-refractivity contribution in [2.45, 2.75) is 23.9 Å². The number of anilines is 1. The molecule has 13 heteroatoms. The fraction of sp³-hybridized carbons (Fsp3) is 0.130. The zero-order valence-corrected chi connectivity index (χ0v) is 19.4. The molecule has 0 saturated carbocycles. The maximum atomic E-state index is 13.5. The van der Waals surface area contributed by atoms with Crippen molar-refractivity contribution in [3.63, 3.8) is 0 Å². The number of hydrogen-bond acceptors (Lipinski definition) is 8. The molecule has 12 nitrogen and oxygen atoms in total. The van der Waals surface area contributed by atoms with Crippen LogP contribution >= 0.6 is 0 Å². The molecule has 0 radical (unpaired) electrons. The number of aromatic nitrogens is 1. The smallest absolute Gasteiger partial charge is 0.270 e. The number of amides is 3. The van der Waals surface area contributed by atoms with E-state index >= 15 is 0 Å². The Morgan fingerprint density at radius 1 is 1.14 bits per heavy atom. The molecule has 1 aromatic heterocycles. The minimum absolute atomic E-state index is 0.0238. The molecule has 1 atom stereocenters. The SMILES string of the molecule is NS(=O)(=O)c1ccc(N2C(=O)CC(N(Cc3cccnc3)C(=O)c3cccc([N+](=O)[O-])c3)C2=O)cc1. The number of sulfonamides is 1. The van der Waals surface area contributed by atoms with Crippen LogP contribution in [0.25, 0.3) is 0 Å². The van der Waals surface area contributed by atoms with Crippen molar-refractivity contribution >= 4 is 39.1 Å². The number of primary sulfonamides is 1. The Bertz CT molecular complexity index is 1460. The molecule has 184 valence electrons. The summed E-state index contributed by atoms with van der Waals surface area (Å²) >= 11 is 0. The highest BCUT2D eigenvalue weighted by Gasteiger charge is 2.44. The third-order valence-electron chi connectivity index (χ3n) is 5.56. The van der Waals surface area contributed by atoms with E-state index in [2.05, 4.69) is 4.98 Å². The monoisotopic (exact) mass is 509 g/mol. The predicted octanol–water partition coefficient (Wildman–Crippen LogP) is 1.61. The van der Waals surface area contributed by atoms with Gasteiger partial charge in [0, 0.05) is 36.6 Å². The molecule has 0 spiro atoms. The van der Waals surface area contributed by atoms with Gasteiger partial charge in [0.25, 0.3) is 17.5 Å². The van der Waals surface area contributed by atoms with Gasteiger partial charge < -0.3 is 4.90 Å².